The van der Waals surface area contributed by atoms with E-state index in [0.717, 1.165) is 18.4 Å². The largest absolute Gasteiger partial charge is 0.467 e. The van der Waals surface area contributed by atoms with Crippen LogP contribution < -0.4 is 4.74 Å². The molecule has 1 heterocycles. The van der Waals surface area contributed by atoms with Crippen LogP contribution in [0.3, 0.4) is 0 Å². The van der Waals surface area contributed by atoms with E-state index in [0.29, 0.717) is 6.01 Å². The lowest BCUT2D eigenvalue weighted by Crippen LogP contribution is -1.92. The van der Waals surface area contributed by atoms with Crippen LogP contribution in [0.4, 0.5) is 0 Å². The Bertz CT molecular complexity index is 348. The molecule has 0 aromatic carbocycles. The number of alkyl halides is 1. The summed E-state index contributed by atoms with van der Waals surface area (Å²) < 4.78 is 4.89. The molecule has 4 heteroatoms. The molecule has 2 rings (SSSR count). The molecule has 74 valence electrons. The zero-order chi connectivity index (χ0) is 9.97. The molecule has 14 heavy (non-hydrogen) atoms. The van der Waals surface area contributed by atoms with Gasteiger partial charge in [0.2, 0.25) is 0 Å². The van der Waals surface area contributed by atoms with Crippen molar-refractivity contribution in [3.05, 3.63) is 24.0 Å². The lowest BCUT2D eigenvalue weighted by atomic mass is 10.1. The van der Waals surface area contributed by atoms with Crippen molar-refractivity contribution in [2.75, 3.05) is 7.11 Å². The number of hydrogen-bond acceptors (Lipinski definition) is 3. The predicted molar refractivity (Wildman–Crippen MR) is 55.4 cm³/mol. The molecule has 1 aliphatic rings. The second-order valence-corrected chi connectivity index (χ2v) is 3.77. The molecule has 0 amide bonds. The van der Waals surface area contributed by atoms with Crippen molar-refractivity contribution in [2.45, 2.75) is 18.2 Å². The van der Waals surface area contributed by atoms with Gasteiger partial charge >= 0.3 is 6.01 Å². The Morgan fingerprint density at radius 3 is 2.64 bits per heavy atom. The van der Waals surface area contributed by atoms with Gasteiger partial charge in [0.1, 0.15) is 0 Å². The van der Waals surface area contributed by atoms with Crippen LogP contribution in [0.2, 0.25) is 0 Å². The number of nitrogens with zero attached hydrogens (tertiary/aromatic N) is 2. The first-order chi connectivity index (χ1) is 6.79. The molecule has 0 spiro atoms. The Hall–Kier alpha value is -1.09. The third kappa shape index (κ3) is 1.87. The van der Waals surface area contributed by atoms with E-state index in [2.05, 4.69) is 16.0 Å². The van der Waals surface area contributed by atoms with Gasteiger partial charge in [-0.15, -0.1) is 11.6 Å². The fourth-order valence-electron chi connectivity index (χ4n) is 1.51. The molecule has 1 aliphatic carbocycles. The average molecular weight is 211 g/mol. The van der Waals surface area contributed by atoms with Gasteiger partial charge in [0.25, 0.3) is 0 Å². The first-order valence-corrected chi connectivity index (χ1v) is 4.94. The maximum Gasteiger partial charge on any atom is 0.316 e. The molecule has 0 bridgehead atoms. The quantitative estimate of drug-likeness (QED) is 0.703. The Morgan fingerprint density at radius 1 is 1.43 bits per heavy atom. The number of ether oxygens (including phenoxy) is 1. The fraction of sp³-hybridized carbons (Fsp3) is 0.400. The summed E-state index contributed by atoms with van der Waals surface area (Å²) in [7, 11) is 1.55. The van der Waals surface area contributed by atoms with Crippen molar-refractivity contribution in [3.63, 3.8) is 0 Å². The number of halogens is 1. The Kier molecular flexibility index (Phi) is 2.68. The minimum atomic E-state index is 0.159. The van der Waals surface area contributed by atoms with Crippen LogP contribution in [0.25, 0.3) is 5.57 Å². The minimum Gasteiger partial charge on any atom is -0.467 e. The topological polar surface area (TPSA) is 35.0 Å². The van der Waals surface area contributed by atoms with E-state index < -0.39 is 0 Å². The summed E-state index contributed by atoms with van der Waals surface area (Å²) in [6.07, 6.45) is 7.61. The Morgan fingerprint density at radius 2 is 2.14 bits per heavy atom. The highest BCUT2D eigenvalue weighted by Crippen LogP contribution is 2.29. The molecule has 0 aliphatic heterocycles. The molecule has 3 nitrogen and oxygen atoms in total. The maximum atomic E-state index is 5.97. The van der Waals surface area contributed by atoms with Gasteiger partial charge < -0.3 is 4.74 Å². The predicted octanol–water partition coefficient (Wildman–Crippen LogP) is 2.27. The van der Waals surface area contributed by atoms with Crippen LogP contribution >= 0.6 is 11.6 Å². The molecule has 0 N–H and O–H groups in total. The van der Waals surface area contributed by atoms with E-state index in [1.165, 1.54) is 5.57 Å². The molecule has 0 fully saturated rings. The zero-order valence-corrected chi connectivity index (χ0v) is 8.66. The molecule has 0 saturated carbocycles. The molecule has 1 atom stereocenters. The van der Waals surface area contributed by atoms with Crippen molar-refractivity contribution < 1.29 is 4.74 Å². The van der Waals surface area contributed by atoms with Gasteiger partial charge in [-0.05, 0) is 18.4 Å². The minimum absolute atomic E-state index is 0.159. The summed E-state index contributed by atoms with van der Waals surface area (Å²) >= 11 is 5.97. The van der Waals surface area contributed by atoms with Gasteiger partial charge in [-0.3, -0.25) is 0 Å². The second kappa shape index (κ2) is 3.96. The van der Waals surface area contributed by atoms with Gasteiger partial charge in [0.05, 0.1) is 12.5 Å². The summed E-state index contributed by atoms with van der Waals surface area (Å²) in [6, 6.07) is 0.398. The molecule has 1 unspecified atom stereocenters. The fourth-order valence-corrected chi connectivity index (χ4v) is 1.77. The zero-order valence-electron chi connectivity index (χ0n) is 7.90. The van der Waals surface area contributed by atoms with Gasteiger partial charge in [-0.25, -0.2) is 9.97 Å². The van der Waals surface area contributed by atoms with Crippen molar-refractivity contribution >= 4 is 17.2 Å². The van der Waals surface area contributed by atoms with Gasteiger partial charge in [-0.2, -0.15) is 0 Å². The van der Waals surface area contributed by atoms with Crippen LogP contribution in [-0.4, -0.2) is 22.5 Å². The van der Waals surface area contributed by atoms with Crippen LogP contribution in [0.1, 0.15) is 18.4 Å². The molecule has 0 saturated heterocycles. The highest BCUT2D eigenvalue weighted by molar-refractivity contribution is 6.22. The lowest BCUT2D eigenvalue weighted by Gasteiger charge is -2.01. The van der Waals surface area contributed by atoms with E-state index >= 15 is 0 Å². The number of aromatic nitrogens is 2. The van der Waals surface area contributed by atoms with Crippen LogP contribution in [-0.2, 0) is 0 Å². The third-order valence-electron chi connectivity index (χ3n) is 2.25. The van der Waals surface area contributed by atoms with Crippen molar-refractivity contribution in [3.8, 4) is 6.01 Å². The third-order valence-corrected chi connectivity index (χ3v) is 2.60. The van der Waals surface area contributed by atoms with Crippen LogP contribution in [0.5, 0.6) is 6.01 Å². The lowest BCUT2D eigenvalue weighted by molar-refractivity contribution is 0.379. The van der Waals surface area contributed by atoms with E-state index in [1.807, 2.05) is 0 Å². The first-order valence-electron chi connectivity index (χ1n) is 4.51. The van der Waals surface area contributed by atoms with Crippen molar-refractivity contribution in [1.82, 2.24) is 9.97 Å². The van der Waals surface area contributed by atoms with E-state index in [4.69, 9.17) is 16.3 Å². The summed E-state index contributed by atoms with van der Waals surface area (Å²) in [5.41, 5.74) is 2.27. The SMILES string of the molecule is COc1ncc(C2=CC(Cl)CC2)cn1. The summed E-state index contributed by atoms with van der Waals surface area (Å²) in [6.45, 7) is 0. The molecule has 1 aromatic heterocycles. The number of methoxy groups -OCH3 is 1. The highest BCUT2D eigenvalue weighted by Gasteiger charge is 2.14. The molecule has 1 aromatic rings. The van der Waals surface area contributed by atoms with Crippen molar-refractivity contribution in [2.24, 2.45) is 0 Å². The summed E-state index contributed by atoms with van der Waals surface area (Å²) in [4.78, 5) is 8.10. The maximum absolute atomic E-state index is 5.97. The monoisotopic (exact) mass is 210 g/mol. The van der Waals surface area contributed by atoms with Crippen LogP contribution in [0, 0.1) is 0 Å². The Labute approximate surface area is 87.8 Å². The molecular weight excluding hydrogens is 200 g/mol. The standard InChI is InChI=1S/C10H11ClN2O/c1-14-10-12-5-8(6-13-10)7-2-3-9(11)4-7/h4-6,9H,2-3H2,1H3. The summed E-state index contributed by atoms with van der Waals surface area (Å²) in [5.74, 6) is 0. The summed E-state index contributed by atoms with van der Waals surface area (Å²) in [5, 5.41) is 0.159. The number of allylic oxidation sites excluding steroid dienone is 2. The molecular formula is C10H11ClN2O. The van der Waals surface area contributed by atoms with Gasteiger partial charge in [-0.1, -0.05) is 6.08 Å². The number of rotatable bonds is 2. The van der Waals surface area contributed by atoms with Gasteiger partial charge in [0.15, 0.2) is 0 Å². The first kappa shape index (κ1) is 9.46. The van der Waals surface area contributed by atoms with Gasteiger partial charge in [0, 0.05) is 18.0 Å². The Balaban J connectivity index is 2.21. The highest BCUT2D eigenvalue weighted by atomic mass is 35.5. The normalized spacial score (nSPS) is 20.7. The van der Waals surface area contributed by atoms with Crippen molar-refractivity contribution in [1.29, 1.82) is 0 Å². The van der Waals surface area contributed by atoms with E-state index in [-0.39, 0.29) is 5.38 Å². The van der Waals surface area contributed by atoms with E-state index in [1.54, 1.807) is 19.5 Å². The average Bonchev–Trinajstić information content (AvgIpc) is 2.65. The number of hydrogen-bond donors (Lipinski definition) is 0. The van der Waals surface area contributed by atoms with Crippen LogP contribution in [0.15, 0.2) is 18.5 Å². The van der Waals surface area contributed by atoms with E-state index in [9.17, 15) is 0 Å². The smallest absolute Gasteiger partial charge is 0.316 e. The molecule has 0 radical (unpaired) electrons. The second-order valence-electron chi connectivity index (χ2n) is 3.21.